The molecular formula is C26H31N3O5S. The molecule has 2 fully saturated rings. The third-order valence-corrected chi connectivity index (χ3v) is 7.23. The van der Waals surface area contributed by atoms with Gasteiger partial charge in [0.1, 0.15) is 16.7 Å². The zero-order valence-electron chi connectivity index (χ0n) is 20.5. The topological polar surface area (TPSA) is 89.5 Å². The van der Waals surface area contributed by atoms with E-state index in [4.69, 9.17) is 19.2 Å². The van der Waals surface area contributed by atoms with Gasteiger partial charge in [0.25, 0.3) is 0 Å². The predicted octanol–water partition coefficient (Wildman–Crippen LogP) is 4.46. The van der Waals surface area contributed by atoms with Gasteiger partial charge in [0.2, 0.25) is 11.8 Å². The summed E-state index contributed by atoms with van der Waals surface area (Å²) in [5.41, 5.74) is 3.50. The van der Waals surface area contributed by atoms with Gasteiger partial charge >= 0.3 is 0 Å². The predicted molar refractivity (Wildman–Crippen MR) is 138 cm³/mol. The van der Waals surface area contributed by atoms with E-state index >= 15 is 0 Å². The number of methoxy groups -OCH3 is 2. The van der Waals surface area contributed by atoms with Crippen LogP contribution in [0.1, 0.15) is 30.4 Å². The van der Waals surface area contributed by atoms with Crippen LogP contribution < -0.4 is 14.8 Å². The van der Waals surface area contributed by atoms with Crippen LogP contribution in [0, 0.1) is 13.8 Å². The number of anilines is 1. The number of benzene rings is 2. The SMILES string of the molecule is COc1ccc(OC)c(NC(=O)C[C@@H]2SC(=Nc3ccc(C)cc3C)N(C[C@@H]3CCCO3)C2=O)c1. The van der Waals surface area contributed by atoms with Crippen molar-refractivity contribution in [1.29, 1.82) is 0 Å². The molecule has 186 valence electrons. The third kappa shape index (κ3) is 5.97. The summed E-state index contributed by atoms with van der Waals surface area (Å²) in [5, 5.41) is 2.89. The zero-order valence-corrected chi connectivity index (χ0v) is 21.3. The van der Waals surface area contributed by atoms with Gasteiger partial charge in [0.05, 0.1) is 38.2 Å². The molecule has 0 saturated carbocycles. The number of hydrogen-bond acceptors (Lipinski definition) is 7. The van der Waals surface area contributed by atoms with Crippen LogP contribution in [0.5, 0.6) is 11.5 Å². The van der Waals surface area contributed by atoms with Crippen LogP contribution in [0.15, 0.2) is 41.4 Å². The number of thioether (sulfide) groups is 1. The van der Waals surface area contributed by atoms with E-state index in [1.807, 2.05) is 26.0 Å². The second kappa shape index (κ2) is 11.1. The summed E-state index contributed by atoms with van der Waals surface area (Å²) in [6.45, 7) is 5.19. The lowest BCUT2D eigenvalue weighted by atomic mass is 10.1. The average molecular weight is 498 g/mol. The Labute approximate surface area is 210 Å². The van der Waals surface area contributed by atoms with Crippen molar-refractivity contribution in [2.24, 2.45) is 4.99 Å². The van der Waals surface area contributed by atoms with Gasteiger partial charge in [-0.25, -0.2) is 4.99 Å². The maximum atomic E-state index is 13.4. The number of rotatable bonds is 8. The molecule has 0 radical (unpaired) electrons. The number of nitrogens with zero attached hydrogens (tertiary/aromatic N) is 2. The molecule has 8 nitrogen and oxygen atoms in total. The van der Waals surface area contributed by atoms with Crippen molar-refractivity contribution in [2.45, 2.75) is 44.5 Å². The van der Waals surface area contributed by atoms with Crippen LogP contribution in [-0.4, -0.2) is 60.6 Å². The summed E-state index contributed by atoms with van der Waals surface area (Å²) in [4.78, 5) is 32.8. The lowest BCUT2D eigenvalue weighted by Gasteiger charge is -2.20. The molecule has 2 atom stereocenters. The Bertz CT molecular complexity index is 1130. The number of hydrogen-bond donors (Lipinski definition) is 1. The summed E-state index contributed by atoms with van der Waals surface area (Å²) in [6.07, 6.45) is 1.89. The van der Waals surface area contributed by atoms with E-state index in [1.165, 1.54) is 18.9 Å². The molecule has 2 aromatic rings. The van der Waals surface area contributed by atoms with E-state index in [2.05, 4.69) is 11.4 Å². The Hall–Kier alpha value is -3.04. The largest absolute Gasteiger partial charge is 0.497 e. The van der Waals surface area contributed by atoms with Crippen LogP contribution in [0.4, 0.5) is 11.4 Å². The quantitative estimate of drug-likeness (QED) is 0.579. The van der Waals surface area contributed by atoms with E-state index in [-0.39, 0.29) is 24.3 Å². The third-order valence-electron chi connectivity index (χ3n) is 6.05. The zero-order chi connectivity index (χ0) is 24.9. The van der Waals surface area contributed by atoms with Gasteiger partial charge in [-0.05, 0) is 50.5 Å². The molecular weight excluding hydrogens is 466 g/mol. The van der Waals surface area contributed by atoms with Gasteiger partial charge < -0.3 is 19.5 Å². The minimum Gasteiger partial charge on any atom is -0.497 e. The first kappa shape index (κ1) is 25.1. The Morgan fingerprint density at radius 2 is 2.03 bits per heavy atom. The van der Waals surface area contributed by atoms with Crippen LogP contribution in [0.3, 0.4) is 0 Å². The first-order chi connectivity index (χ1) is 16.9. The van der Waals surface area contributed by atoms with Crippen LogP contribution in [0.25, 0.3) is 0 Å². The molecule has 2 heterocycles. The number of carbonyl (C=O) groups is 2. The molecule has 0 bridgehead atoms. The minimum absolute atomic E-state index is 0.0117. The fourth-order valence-corrected chi connectivity index (χ4v) is 5.36. The Kier molecular flexibility index (Phi) is 7.97. The normalized spacial score (nSPS) is 21.0. The Morgan fingerprint density at radius 1 is 1.20 bits per heavy atom. The molecule has 2 aliphatic rings. The number of aryl methyl sites for hydroxylation is 2. The molecule has 2 saturated heterocycles. The molecule has 9 heteroatoms. The second-order valence-corrected chi connectivity index (χ2v) is 9.86. The highest BCUT2D eigenvalue weighted by Crippen LogP contribution is 2.35. The fraction of sp³-hybridized carbons (Fsp3) is 0.423. The van der Waals surface area contributed by atoms with Crippen molar-refractivity contribution in [3.05, 3.63) is 47.5 Å². The van der Waals surface area contributed by atoms with Crippen molar-refractivity contribution < 1.29 is 23.8 Å². The van der Waals surface area contributed by atoms with E-state index in [0.717, 1.165) is 29.7 Å². The number of carbonyl (C=O) groups excluding carboxylic acids is 2. The lowest BCUT2D eigenvalue weighted by Crippen LogP contribution is -2.38. The van der Waals surface area contributed by atoms with Gasteiger partial charge in [-0.3, -0.25) is 14.5 Å². The van der Waals surface area contributed by atoms with E-state index in [0.29, 0.717) is 35.5 Å². The molecule has 4 rings (SSSR count). The van der Waals surface area contributed by atoms with Crippen molar-refractivity contribution in [3.8, 4) is 11.5 Å². The number of ether oxygens (including phenoxy) is 3. The Morgan fingerprint density at radius 3 is 2.71 bits per heavy atom. The highest BCUT2D eigenvalue weighted by atomic mass is 32.2. The number of nitrogens with one attached hydrogen (secondary N) is 1. The molecule has 2 aromatic carbocycles. The van der Waals surface area contributed by atoms with Crippen molar-refractivity contribution >= 4 is 40.1 Å². The number of amidine groups is 1. The maximum absolute atomic E-state index is 13.4. The summed E-state index contributed by atoms with van der Waals surface area (Å²) >= 11 is 1.33. The highest BCUT2D eigenvalue weighted by Gasteiger charge is 2.40. The highest BCUT2D eigenvalue weighted by molar-refractivity contribution is 8.15. The first-order valence-corrected chi connectivity index (χ1v) is 12.5. The number of amides is 2. The second-order valence-electron chi connectivity index (χ2n) is 8.69. The van der Waals surface area contributed by atoms with Crippen molar-refractivity contribution in [1.82, 2.24) is 4.90 Å². The molecule has 1 N–H and O–H groups in total. The van der Waals surface area contributed by atoms with E-state index in [9.17, 15) is 9.59 Å². The standard InChI is InChI=1S/C26H31N3O5S/c1-16-7-9-20(17(2)12-16)28-26-29(15-19-6-5-11-34-19)25(31)23(35-26)14-24(30)27-21-13-18(32-3)8-10-22(21)33-4/h7-10,12-13,19,23H,5-6,11,14-15H2,1-4H3,(H,27,30)/t19-,23-/m0/s1. The summed E-state index contributed by atoms with van der Waals surface area (Å²) in [6, 6.07) is 11.2. The monoisotopic (exact) mass is 497 g/mol. The van der Waals surface area contributed by atoms with Crippen LogP contribution in [-0.2, 0) is 14.3 Å². The Balaban J connectivity index is 1.53. The van der Waals surface area contributed by atoms with Crippen molar-refractivity contribution in [2.75, 3.05) is 32.7 Å². The van der Waals surface area contributed by atoms with E-state index in [1.54, 1.807) is 30.2 Å². The average Bonchev–Trinajstić information content (AvgIpc) is 3.45. The molecule has 0 aromatic heterocycles. The van der Waals surface area contributed by atoms with Gasteiger partial charge in [0, 0.05) is 19.1 Å². The fourth-order valence-electron chi connectivity index (χ4n) is 4.20. The maximum Gasteiger partial charge on any atom is 0.242 e. The molecule has 0 aliphatic carbocycles. The number of aliphatic imine (C=N–C) groups is 1. The summed E-state index contributed by atoms with van der Waals surface area (Å²) in [5.74, 6) is 0.703. The summed E-state index contributed by atoms with van der Waals surface area (Å²) < 4.78 is 16.4. The van der Waals surface area contributed by atoms with Crippen LogP contribution >= 0.6 is 11.8 Å². The molecule has 0 spiro atoms. The first-order valence-electron chi connectivity index (χ1n) is 11.7. The lowest BCUT2D eigenvalue weighted by molar-refractivity contribution is -0.129. The van der Waals surface area contributed by atoms with Gasteiger partial charge in [0.15, 0.2) is 5.17 Å². The smallest absolute Gasteiger partial charge is 0.242 e. The molecule has 0 unspecified atom stereocenters. The summed E-state index contributed by atoms with van der Waals surface area (Å²) in [7, 11) is 3.09. The molecule has 2 amide bonds. The molecule has 35 heavy (non-hydrogen) atoms. The van der Waals surface area contributed by atoms with Gasteiger partial charge in [-0.15, -0.1) is 0 Å². The van der Waals surface area contributed by atoms with Gasteiger partial charge in [-0.2, -0.15) is 0 Å². The molecule has 2 aliphatic heterocycles. The van der Waals surface area contributed by atoms with Crippen LogP contribution in [0.2, 0.25) is 0 Å². The minimum atomic E-state index is -0.572. The van der Waals surface area contributed by atoms with Crippen molar-refractivity contribution in [3.63, 3.8) is 0 Å². The van der Waals surface area contributed by atoms with Gasteiger partial charge in [-0.1, -0.05) is 29.5 Å². The van der Waals surface area contributed by atoms with E-state index < -0.39 is 5.25 Å².